The lowest BCUT2D eigenvalue weighted by Gasteiger charge is -2.05. The molecule has 0 heterocycles. The standard InChI is InChI=1S/C30H16F6O/c1-2-3-12-37-21-16-28(34)24(29(35)17-21)10-6-19-14-26(32)23(27(33)15-19)9-5-18-4-8-22-20(13-18)7-11-25(31)30(22)36/h2-4,7-8,11,13-17H,12H2,1H3/b3-2+. The van der Waals surface area contributed by atoms with Crippen molar-refractivity contribution in [3.05, 3.63) is 124 Å². The molecule has 4 aromatic rings. The van der Waals surface area contributed by atoms with Crippen LogP contribution < -0.4 is 4.74 Å². The Morgan fingerprint density at radius 1 is 0.649 bits per heavy atom. The van der Waals surface area contributed by atoms with E-state index in [9.17, 15) is 26.3 Å². The van der Waals surface area contributed by atoms with Gasteiger partial charge < -0.3 is 4.74 Å². The molecule has 0 amide bonds. The van der Waals surface area contributed by atoms with Gasteiger partial charge in [-0.05, 0) is 42.6 Å². The fraction of sp³-hybridized carbons (Fsp3) is 0.0667. The molecule has 4 rings (SSSR count). The average Bonchev–Trinajstić information content (AvgIpc) is 2.85. The van der Waals surface area contributed by atoms with Crippen molar-refractivity contribution in [1.82, 2.24) is 0 Å². The maximum absolute atomic E-state index is 14.6. The first-order chi connectivity index (χ1) is 17.8. The highest BCUT2D eigenvalue weighted by Gasteiger charge is 2.12. The summed E-state index contributed by atoms with van der Waals surface area (Å²) in [7, 11) is 0. The van der Waals surface area contributed by atoms with E-state index in [1.165, 1.54) is 24.3 Å². The van der Waals surface area contributed by atoms with Crippen molar-refractivity contribution < 1.29 is 31.1 Å². The van der Waals surface area contributed by atoms with Gasteiger partial charge in [0.05, 0.1) is 11.1 Å². The number of ether oxygens (including phenoxy) is 1. The van der Waals surface area contributed by atoms with Crippen molar-refractivity contribution in [2.75, 3.05) is 6.61 Å². The first-order valence-electron chi connectivity index (χ1n) is 10.9. The summed E-state index contributed by atoms with van der Waals surface area (Å²) in [6.45, 7) is 1.90. The smallest absolute Gasteiger partial charge is 0.166 e. The van der Waals surface area contributed by atoms with Crippen LogP contribution in [0.2, 0.25) is 0 Å². The van der Waals surface area contributed by atoms with Crippen molar-refractivity contribution in [3.8, 4) is 29.4 Å². The minimum Gasteiger partial charge on any atom is -0.489 e. The second kappa shape index (κ2) is 11.0. The molecule has 0 unspecified atom stereocenters. The molecular weight excluding hydrogens is 490 g/mol. The number of rotatable bonds is 3. The molecule has 7 heteroatoms. The number of allylic oxidation sites excluding steroid dienone is 1. The Morgan fingerprint density at radius 2 is 1.24 bits per heavy atom. The summed E-state index contributed by atoms with van der Waals surface area (Å²) in [5, 5.41) is 0.420. The molecule has 0 fully saturated rings. The van der Waals surface area contributed by atoms with E-state index in [0.717, 1.165) is 30.3 Å². The third-order valence-electron chi connectivity index (χ3n) is 5.21. The number of hydrogen-bond acceptors (Lipinski definition) is 1. The molecule has 37 heavy (non-hydrogen) atoms. The van der Waals surface area contributed by atoms with Crippen LogP contribution >= 0.6 is 0 Å². The summed E-state index contributed by atoms with van der Waals surface area (Å²) in [6, 6.07) is 10.2. The highest BCUT2D eigenvalue weighted by Crippen LogP contribution is 2.23. The Morgan fingerprint density at radius 3 is 1.86 bits per heavy atom. The van der Waals surface area contributed by atoms with Gasteiger partial charge in [-0.1, -0.05) is 48.0 Å². The zero-order valence-corrected chi connectivity index (χ0v) is 19.2. The monoisotopic (exact) mass is 506 g/mol. The predicted octanol–water partition coefficient (Wildman–Crippen LogP) is 7.43. The number of hydrogen-bond donors (Lipinski definition) is 0. The summed E-state index contributed by atoms with van der Waals surface area (Å²) >= 11 is 0. The molecular formula is C30H16F6O. The van der Waals surface area contributed by atoms with E-state index in [1.54, 1.807) is 19.1 Å². The van der Waals surface area contributed by atoms with Crippen LogP contribution in [0.25, 0.3) is 10.8 Å². The van der Waals surface area contributed by atoms with Crippen LogP contribution in [0.1, 0.15) is 29.2 Å². The molecule has 0 N–H and O–H groups in total. The Balaban J connectivity index is 1.59. The maximum Gasteiger partial charge on any atom is 0.166 e. The van der Waals surface area contributed by atoms with Gasteiger partial charge in [0.25, 0.3) is 0 Å². The molecule has 0 aliphatic rings. The Kier molecular flexibility index (Phi) is 7.55. The Bertz CT molecular complexity index is 1620. The summed E-state index contributed by atoms with van der Waals surface area (Å²) in [5.41, 5.74) is -0.951. The van der Waals surface area contributed by atoms with Crippen molar-refractivity contribution in [1.29, 1.82) is 0 Å². The van der Waals surface area contributed by atoms with Crippen LogP contribution in [-0.2, 0) is 0 Å². The van der Waals surface area contributed by atoms with Gasteiger partial charge in [0.1, 0.15) is 35.6 Å². The van der Waals surface area contributed by atoms with Gasteiger partial charge in [-0.25, -0.2) is 26.3 Å². The highest BCUT2D eigenvalue weighted by atomic mass is 19.2. The molecule has 0 aliphatic carbocycles. The van der Waals surface area contributed by atoms with Gasteiger partial charge in [-0.15, -0.1) is 0 Å². The van der Waals surface area contributed by atoms with E-state index in [0.29, 0.717) is 10.9 Å². The molecule has 4 aromatic carbocycles. The van der Waals surface area contributed by atoms with Crippen LogP contribution in [0, 0.1) is 58.6 Å². The normalized spacial score (nSPS) is 10.7. The topological polar surface area (TPSA) is 9.23 Å². The van der Waals surface area contributed by atoms with Crippen LogP contribution in [0.3, 0.4) is 0 Å². The molecule has 0 aromatic heterocycles. The largest absolute Gasteiger partial charge is 0.489 e. The van der Waals surface area contributed by atoms with Crippen molar-refractivity contribution in [2.24, 2.45) is 0 Å². The predicted molar refractivity (Wildman–Crippen MR) is 129 cm³/mol. The van der Waals surface area contributed by atoms with E-state index >= 15 is 0 Å². The van der Waals surface area contributed by atoms with Crippen molar-refractivity contribution >= 4 is 10.8 Å². The maximum atomic E-state index is 14.6. The average molecular weight is 506 g/mol. The molecule has 0 saturated heterocycles. The molecule has 0 bridgehead atoms. The third-order valence-corrected chi connectivity index (χ3v) is 5.21. The Labute approximate surface area is 209 Å². The fourth-order valence-electron chi connectivity index (χ4n) is 3.37. The number of halogens is 6. The second-order valence-electron chi connectivity index (χ2n) is 7.75. The lowest BCUT2D eigenvalue weighted by Crippen LogP contribution is -1.98. The van der Waals surface area contributed by atoms with Gasteiger partial charge in [0.2, 0.25) is 0 Å². The van der Waals surface area contributed by atoms with Crippen LogP contribution in [0.5, 0.6) is 5.75 Å². The van der Waals surface area contributed by atoms with Crippen LogP contribution in [0.4, 0.5) is 26.3 Å². The van der Waals surface area contributed by atoms with E-state index < -0.39 is 46.0 Å². The zero-order valence-electron chi connectivity index (χ0n) is 19.2. The first-order valence-corrected chi connectivity index (χ1v) is 10.9. The van der Waals surface area contributed by atoms with Crippen LogP contribution in [0.15, 0.2) is 66.7 Å². The zero-order chi connectivity index (χ0) is 26.5. The van der Waals surface area contributed by atoms with Gasteiger partial charge in [0, 0.05) is 28.6 Å². The lowest BCUT2D eigenvalue weighted by molar-refractivity contribution is 0.357. The van der Waals surface area contributed by atoms with Gasteiger partial charge in [-0.3, -0.25) is 0 Å². The SMILES string of the molecule is C/C=C/COc1cc(F)c(C#Cc2cc(F)c(C#Cc3ccc4c(F)c(F)ccc4c3)c(F)c2)c(F)c1. The number of benzene rings is 4. The van der Waals surface area contributed by atoms with E-state index in [2.05, 4.69) is 23.7 Å². The lowest BCUT2D eigenvalue weighted by atomic mass is 10.1. The number of fused-ring (bicyclic) bond motifs is 1. The minimum absolute atomic E-state index is 0.0256. The highest BCUT2D eigenvalue weighted by molar-refractivity contribution is 5.84. The molecule has 184 valence electrons. The fourth-order valence-corrected chi connectivity index (χ4v) is 3.37. The van der Waals surface area contributed by atoms with Gasteiger partial charge in [0.15, 0.2) is 11.6 Å². The molecule has 0 spiro atoms. The molecule has 0 atom stereocenters. The minimum atomic E-state index is -1.03. The molecule has 0 radical (unpaired) electrons. The first kappa shape index (κ1) is 25.5. The van der Waals surface area contributed by atoms with Crippen molar-refractivity contribution in [3.63, 3.8) is 0 Å². The summed E-state index contributed by atoms with van der Waals surface area (Å²) < 4.78 is 90.2. The quantitative estimate of drug-likeness (QED) is 0.160. The third kappa shape index (κ3) is 5.79. The van der Waals surface area contributed by atoms with E-state index in [1.807, 2.05) is 0 Å². The summed E-state index contributed by atoms with van der Waals surface area (Å²) in [4.78, 5) is 0. The summed E-state index contributed by atoms with van der Waals surface area (Å²) in [5.74, 6) is 3.53. The summed E-state index contributed by atoms with van der Waals surface area (Å²) in [6.07, 6.45) is 3.38. The van der Waals surface area contributed by atoms with E-state index in [4.69, 9.17) is 4.74 Å². The van der Waals surface area contributed by atoms with Gasteiger partial charge in [-0.2, -0.15) is 0 Å². The van der Waals surface area contributed by atoms with Gasteiger partial charge >= 0.3 is 0 Å². The Hall–Kier alpha value is -4.62. The van der Waals surface area contributed by atoms with E-state index in [-0.39, 0.29) is 23.3 Å². The molecule has 0 saturated carbocycles. The molecule has 1 nitrogen and oxygen atoms in total. The van der Waals surface area contributed by atoms with Crippen molar-refractivity contribution in [2.45, 2.75) is 6.92 Å². The second-order valence-corrected chi connectivity index (χ2v) is 7.75. The van der Waals surface area contributed by atoms with Crippen LogP contribution in [-0.4, -0.2) is 6.61 Å². The molecule has 0 aliphatic heterocycles.